The van der Waals surface area contributed by atoms with Crippen molar-refractivity contribution in [3.63, 3.8) is 0 Å². The molecule has 5 rings (SSSR count). The zero-order valence-corrected chi connectivity index (χ0v) is 21.0. The van der Waals surface area contributed by atoms with E-state index in [1.54, 1.807) is 29.1 Å². The molecule has 0 saturated carbocycles. The van der Waals surface area contributed by atoms with Gasteiger partial charge >= 0.3 is 0 Å². The van der Waals surface area contributed by atoms with Gasteiger partial charge in [0.1, 0.15) is 17.8 Å². The summed E-state index contributed by atoms with van der Waals surface area (Å²) in [7, 11) is 0. The molecule has 0 saturated heterocycles. The molecule has 1 aliphatic rings. The maximum atomic E-state index is 12.9. The van der Waals surface area contributed by atoms with E-state index in [1.807, 2.05) is 37.3 Å². The number of nitrogens with zero attached hydrogens (tertiary/aromatic N) is 4. The minimum Gasteiger partial charge on any atom is -0.454 e. The fraction of sp³-hybridized carbons (Fsp3) is 0.167. The van der Waals surface area contributed by atoms with Crippen molar-refractivity contribution < 1.29 is 14.3 Å². The van der Waals surface area contributed by atoms with Gasteiger partial charge < -0.3 is 25.8 Å². The lowest BCUT2D eigenvalue weighted by Crippen LogP contribution is -2.33. The van der Waals surface area contributed by atoms with Gasteiger partial charge in [-0.05, 0) is 36.8 Å². The van der Waals surface area contributed by atoms with Crippen LogP contribution in [0.5, 0.6) is 11.5 Å². The summed E-state index contributed by atoms with van der Waals surface area (Å²) in [6.45, 7) is 2.29. The van der Waals surface area contributed by atoms with E-state index in [-0.39, 0.29) is 38.4 Å². The lowest BCUT2D eigenvalue weighted by atomic mass is 10.1. The number of aromatic nitrogens is 4. The number of fused-ring (bicyclic) bond motifs is 1. The number of imidazole rings is 1. The summed E-state index contributed by atoms with van der Waals surface area (Å²) in [6.07, 6.45) is 4.84. The number of hydrogen-bond acceptors (Lipinski definition) is 8. The van der Waals surface area contributed by atoms with Crippen LogP contribution >= 0.6 is 25.1 Å². The van der Waals surface area contributed by atoms with Gasteiger partial charge in [0.15, 0.2) is 11.5 Å². The molecule has 3 heterocycles. The largest absolute Gasteiger partial charge is 0.454 e. The van der Waals surface area contributed by atoms with E-state index in [2.05, 4.69) is 25.6 Å². The Morgan fingerprint density at radius 1 is 1.19 bits per heavy atom. The molecule has 2 aromatic heterocycles. The molecule has 0 fully saturated rings. The molecule has 4 N–H and O–H groups in total. The number of rotatable bonds is 7. The highest BCUT2D eigenvalue weighted by Crippen LogP contribution is 2.34. The van der Waals surface area contributed by atoms with Crippen LogP contribution in [-0.2, 0) is 0 Å². The zero-order valence-electron chi connectivity index (χ0n) is 19.2. The third-order valence-electron chi connectivity index (χ3n) is 5.43. The molecular weight excluding hydrogens is 502 g/mol. The maximum Gasteiger partial charge on any atom is 0.272 e. The second-order valence-corrected chi connectivity index (χ2v) is 8.31. The third-order valence-corrected chi connectivity index (χ3v) is 5.66. The van der Waals surface area contributed by atoms with Crippen LogP contribution in [0.1, 0.15) is 27.7 Å². The van der Waals surface area contributed by atoms with Gasteiger partial charge in [-0.1, -0.05) is 23.7 Å². The Morgan fingerprint density at radius 2 is 2.03 bits per heavy atom. The lowest BCUT2D eigenvalue weighted by Gasteiger charge is -2.16. The van der Waals surface area contributed by atoms with Gasteiger partial charge in [-0.2, -0.15) is 18.5 Å². The molecule has 1 atom stereocenters. The zero-order chi connectivity index (χ0) is 24.4. The Bertz CT molecular complexity index is 1400. The average Bonchev–Trinajstić information content (AvgIpc) is 3.53. The number of anilines is 2. The number of nitrogens with one attached hydrogen (secondary N) is 2. The molecule has 2 aromatic carbocycles. The molecular formula is C24H24ClN7O3S. The van der Waals surface area contributed by atoms with Gasteiger partial charge in [0.2, 0.25) is 12.7 Å². The van der Waals surface area contributed by atoms with E-state index < -0.39 is 6.04 Å². The molecule has 0 aliphatic carbocycles. The van der Waals surface area contributed by atoms with Crippen LogP contribution < -0.4 is 25.8 Å². The smallest absolute Gasteiger partial charge is 0.272 e. The quantitative estimate of drug-likeness (QED) is 0.333. The number of hydrogen-bond donors (Lipinski definition) is 3. The van der Waals surface area contributed by atoms with Gasteiger partial charge in [0.05, 0.1) is 6.04 Å². The van der Waals surface area contributed by atoms with Crippen LogP contribution in [0.2, 0.25) is 5.02 Å². The summed E-state index contributed by atoms with van der Waals surface area (Å²) in [5, 5.41) is 6.64. The van der Waals surface area contributed by atoms with E-state index in [0.717, 1.165) is 16.8 Å². The Hall–Kier alpha value is -3.80. The number of aryl methyl sites for hydroxylation is 1. The molecule has 0 bridgehead atoms. The molecule has 0 spiro atoms. The predicted octanol–water partition coefficient (Wildman–Crippen LogP) is 3.64. The number of amides is 1. The van der Waals surface area contributed by atoms with Gasteiger partial charge in [-0.3, -0.25) is 9.36 Å². The number of nitrogens with two attached hydrogens (primary N) is 1. The second kappa shape index (κ2) is 10.9. The first-order valence-corrected chi connectivity index (χ1v) is 11.2. The first-order chi connectivity index (χ1) is 17.0. The van der Waals surface area contributed by atoms with E-state index in [0.29, 0.717) is 28.3 Å². The standard InChI is InChI=1S/C24H22ClN7O3.H2S/c1-14-10-27-24(29-17-5-6-20-21(8-17)35-13-34-20)31-22(14)32-11-19(28-12-32)23(33)30-18(9-26)15-3-2-4-16(25)7-15;/h2-8,10-12,18H,9,13,26H2,1H3,(H,30,33)(H,27,29,31);1H2. The maximum absolute atomic E-state index is 12.9. The normalized spacial score (nSPS) is 12.5. The van der Waals surface area contributed by atoms with Crippen LogP contribution in [0.25, 0.3) is 5.82 Å². The Kier molecular flexibility index (Phi) is 7.63. The summed E-state index contributed by atoms with van der Waals surface area (Å²) in [6, 6.07) is 12.3. The molecule has 4 aromatic rings. The summed E-state index contributed by atoms with van der Waals surface area (Å²) in [4.78, 5) is 26.1. The molecule has 1 amide bonds. The minimum atomic E-state index is -0.398. The third kappa shape index (κ3) is 5.38. The van der Waals surface area contributed by atoms with Crippen molar-refractivity contribution >= 4 is 42.6 Å². The lowest BCUT2D eigenvalue weighted by molar-refractivity contribution is 0.0933. The average molecular weight is 526 g/mol. The summed E-state index contributed by atoms with van der Waals surface area (Å²) < 4.78 is 12.4. The van der Waals surface area contributed by atoms with E-state index in [9.17, 15) is 4.79 Å². The molecule has 12 heteroatoms. The van der Waals surface area contributed by atoms with Crippen LogP contribution in [0.3, 0.4) is 0 Å². The number of benzene rings is 2. The highest BCUT2D eigenvalue weighted by molar-refractivity contribution is 7.59. The van der Waals surface area contributed by atoms with Crippen molar-refractivity contribution in [3.8, 4) is 17.3 Å². The Labute approximate surface area is 219 Å². The van der Waals surface area contributed by atoms with Crippen LogP contribution in [0.4, 0.5) is 11.6 Å². The monoisotopic (exact) mass is 525 g/mol. The van der Waals surface area contributed by atoms with Crippen molar-refractivity contribution in [1.82, 2.24) is 24.8 Å². The highest BCUT2D eigenvalue weighted by Gasteiger charge is 2.18. The number of halogens is 1. The second-order valence-electron chi connectivity index (χ2n) is 7.88. The molecule has 36 heavy (non-hydrogen) atoms. The van der Waals surface area contributed by atoms with E-state index in [1.165, 1.54) is 6.33 Å². The van der Waals surface area contributed by atoms with Crippen molar-refractivity contribution in [2.45, 2.75) is 13.0 Å². The SMILES string of the molecule is Cc1cnc(Nc2ccc3c(c2)OCO3)nc1-n1cnc(C(=O)NC(CN)c2cccc(Cl)c2)c1.S. The summed E-state index contributed by atoms with van der Waals surface area (Å²) in [5.41, 5.74) is 8.50. The fourth-order valence-corrected chi connectivity index (χ4v) is 3.85. The molecule has 10 nitrogen and oxygen atoms in total. The first kappa shape index (κ1) is 25.3. The van der Waals surface area contributed by atoms with E-state index >= 15 is 0 Å². The number of carbonyl (C=O) groups excluding carboxylic acids is 1. The number of carbonyl (C=O) groups is 1. The number of ether oxygens (including phenoxy) is 2. The van der Waals surface area contributed by atoms with Crippen LogP contribution in [0, 0.1) is 6.92 Å². The van der Waals surface area contributed by atoms with Gasteiger partial charge in [0, 0.05) is 41.3 Å². The minimum absolute atomic E-state index is 0. The molecule has 0 radical (unpaired) electrons. The van der Waals surface area contributed by atoms with Crippen molar-refractivity contribution in [1.29, 1.82) is 0 Å². The summed E-state index contributed by atoms with van der Waals surface area (Å²) in [5.74, 6) is 1.96. The van der Waals surface area contributed by atoms with Gasteiger partial charge in [-0.25, -0.2) is 9.97 Å². The van der Waals surface area contributed by atoms with Crippen molar-refractivity contribution in [2.24, 2.45) is 5.73 Å². The fourth-order valence-electron chi connectivity index (χ4n) is 3.65. The van der Waals surface area contributed by atoms with E-state index in [4.69, 9.17) is 26.8 Å². The Balaban J connectivity index is 0.00000304. The Morgan fingerprint density at radius 3 is 2.83 bits per heavy atom. The highest BCUT2D eigenvalue weighted by atomic mass is 35.5. The van der Waals surface area contributed by atoms with Gasteiger partial charge in [0.25, 0.3) is 5.91 Å². The topological polar surface area (TPSA) is 129 Å². The first-order valence-electron chi connectivity index (χ1n) is 10.8. The van der Waals surface area contributed by atoms with Crippen molar-refractivity contribution in [3.05, 3.63) is 83.0 Å². The molecule has 186 valence electrons. The van der Waals surface area contributed by atoms with Crippen LogP contribution in [0.15, 0.2) is 61.2 Å². The van der Waals surface area contributed by atoms with Gasteiger partial charge in [-0.15, -0.1) is 0 Å². The molecule has 1 aliphatic heterocycles. The van der Waals surface area contributed by atoms with Crippen molar-refractivity contribution in [2.75, 3.05) is 18.7 Å². The predicted molar refractivity (Wildman–Crippen MR) is 141 cm³/mol. The van der Waals surface area contributed by atoms with Crippen LogP contribution in [-0.4, -0.2) is 38.8 Å². The summed E-state index contributed by atoms with van der Waals surface area (Å²) >= 11 is 6.08. The molecule has 1 unspecified atom stereocenters.